The molecule has 2 aromatic heterocycles. The third-order valence-electron chi connectivity index (χ3n) is 3.78. The van der Waals surface area contributed by atoms with Gasteiger partial charge in [-0.3, -0.25) is 19.9 Å². The number of anilines is 1. The van der Waals surface area contributed by atoms with Gasteiger partial charge in [-0.05, 0) is 24.6 Å². The average molecular weight is 398 g/mol. The lowest BCUT2D eigenvalue weighted by Gasteiger charge is -2.09. The monoisotopic (exact) mass is 398 g/mol. The predicted octanol–water partition coefficient (Wildman–Crippen LogP) is 3.39. The molecule has 0 aliphatic heterocycles. The van der Waals surface area contributed by atoms with E-state index in [4.69, 9.17) is 0 Å². The molecular formula is C18H18N6O3S. The summed E-state index contributed by atoms with van der Waals surface area (Å²) in [6, 6.07) is 9.55. The van der Waals surface area contributed by atoms with Crippen molar-refractivity contribution in [2.45, 2.75) is 25.0 Å². The van der Waals surface area contributed by atoms with Crippen molar-refractivity contribution < 1.29 is 9.72 Å². The zero-order chi connectivity index (χ0) is 19.9. The number of carbonyl (C=O) groups excluding carboxylic acids is 1. The van der Waals surface area contributed by atoms with Crippen LogP contribution in [0, 0.1) is 10.1 Å². The number of nitro benzene ring substituents is 1. The summed E-state index contributed by atoms with van der Waals surface area (Å²) < 4.78 is 1.97. The van der Waals surface area contributed by atoms with Crippen LogP contribution >= 0.6 is 11.8 Å². The second-order valence-corrected chi connectivity index (χ2v) is 6.78. The topological polar surface area (TPSA) is 116 Å². The Morgan fingerprint density at radius 3 is 2.75 bits per heavy atom. The zero-order valence-electron chi connectivity index (χ0n) is 15.1. The van der Waals surface area contributed by atoms with Gasteiger partial charge in [0.15, 0.2) is 11.0 Å². The number of aromatic nitrogens is 4. The van der Waals surface area contributed by atoms with Crippen molar-refractivity contribution in [3.63, 3.8) is 0 Å². The average Bonchev–Trinajstić information content (AvgIpc) is 3.10. The lowest BCUT2D eigenvalue weighted by molar-refractivity contribution is -0.384. The van der Waals surface area contributed by atoms with E-state index in [0.717, 1.165) is 24.4 Å². The molecule has 0 aliphatic rings. The molecule has 0 atom stereocenters. The number of nitrogens with zero attached hydrogens (tertiary/aromatic N) is 5. The molecule has 10 heteroatoms. The normalized spacial score (nSPS) is 10.6. The van der Waals surface area contributed by atoms with Crippen molar-refractivity contribution in [3.05, 3.63) is 58.9 Å². The molecule has 0 saturated heterocycles. The standard InChI is InChI=1S/C18H18N6O3S/c1-2-10-23-17(13-6-8-19-9-7-13)21-22-18(23)28-12-16(25)20-14-4-3-5-15(11-14)24(26)27/h3-9,11H,2,10,12H2,1H3,(H,20,25). The summed E-state index contributed by atoms with van der Waals surface area (Å²) in [5.41, 5.74) is 1.21. The first kappa shape index (κ1) is 19.5. The summed E-state index contributed by atoms with van der Waals surface area (Å²) in [5, 5.41) is 22.6. The fraction of sp³-hybridized carbons (Fsp3) is 0.222. The molecule has 1 aromatic carbocycles. The van der Waals surface area contributed by atoms with Crippen molar-refractivity contribution in [1.29, 1.82) is 0 Å². The van der Waals surface area contributed by atoms with Crippen LogP contribution in [0.15, 0.2) is 53.9 Å². The number of benzene rings is 1. The van der Waals surface area contributed by atoms with Crippen molar-refractivity contribution in [2.24, 2.45) is 0 Å². The number of pyridine rings is 1. The van der Waals surface area contributed by atoms with Crippen molar-refractivity contribution in [2.75, 3.05) is 11.1 Å². The maximum atomic E-state index is 12.2. The summed E-state index contributed by atoms with van der Waals surface area (Å²) >= 11 is 1.27. The molecule has 0 unspecified atom stereocenters. The Labute approximate surface area is 165 Å². The van der Waals surface area contributed by atoms with E-state index in [0.29, 0.717) is 10.8 Å². The number of carbonyl (C=O) groups is 1. The van der Waals surface area contributed by atoms with E-state index < -0.39 is 4.92 Å². The van der Waals surface area contributed by atoms with Gasteiger partial charge in [-0.2, -0.15) is 0 Å². The SMILES string of the molecule is CCCn1c(SCC(=O)Nc2cccc([N+](=O)[O-])c2)nnc1-c1ccncc1. The van der Waals surface area contributed by atoms with Crippen molar-refractivity contribution >= 4 is 29.0 Å². The van der Waals surface area contributed by atoms with Crippen LogP contribution < -0.4 is 5.32 Å². The highest BCUT2D eigenvalue weighted by Gasteiger charge is 2.15. The minimum atomic E-state index is -0.502. The highest BCUT2D eigenvalue weighted by molar-refractivity contribution is 7.99. The van der Waals surface area contributed by atoms with Gasteiger partial charge in [0.2, 0.25) is 5.91 Å². The largest absolute Gasteiger partial charge is 0.325 e. The molecule has 0 fully saturated rings. The van der Waals surface area contributed by atoms with E-state index in [-0.39, 0.29) is 17.3 Å². The van der Waals surface area contributed by atoms with Gasteiger partial charge in [-0.15, -0.1) is 10.2 Å². The maximum absolute atomic E-state index is 12.2. The first-order valence-electron chi connectivity index (χ1n) is 8.59. The molecule has 2 heterocycles. The number of nitrogens with one attached hydrogen (secondary N) is 1. The Hall–Kier alpha value is -3.27. The van der Waals surface area contributed by atoms with Crippen LogP contribution in [-0.2, 0) is 11.3 Å². The highest BCUT2D eigenvalue weighted by Crippen LogP contribution is 2.24. The summed E-state index contributed by atoms with van der Waals surface area (Å²) in [6.07, 6.45) is 4.28. The van der Waals surface area contributed by atoms with E-state index in [1.54, 1.807) is 18.5 Å². The van der Waals surface area contributed by atoms with Gasteiger partial charge in [0.1, 0.15) is 0 Å². The molecule has 0 aliphatic carbocycles. The van der Waals surface area contributed by atoms with E-state index >= 15 is 0 Å². The molecule has 3 aromatic rings. The Morgan fingerprint density at radius 2 is 2.04 bits per heavy atom. The van der Waals surface area contributed by atoms with Gasteiger partial charge in [-0.1, -0.05) is 24.8 Å². The van der Waals surface area contributed by atoms with Gasteiger partial charge in [0.25, 0.3) is 5.69 Å². The number of nitro groups is 1. The lowest BCUT2D eigenvalue weighted by atomic mass is 10.2. The molecule has 3 rings (SSSR count). The van der Waals surface area contributed by atoms with Crippen LogP contribution in [0.4, 0.5) is 11.4 Å². The molecule has 0 radical (unpaired) electrons. The molecular weight excluding hydrogens is 380 g/mol. The second-order valence-electron chi connectivity index (χ2n) is 5.84. The van der Waals surface area contributed by atoms with Crippen molar-refractivity contribution in [3.8, 4) is 11.4 Å². The smallest absolute Gasteiger partial charge is 0.271 e. The van der Waals surface area contributed by atoms with E-state index in [9.17, 15) is 14.9 Å². The van der Waals surface area contributed by atoms with Crippen LogP contribution in [0.5, 0.6) is 0 Å². The molecule has 28 heavy (non-hydrogen) atoms. The molecule has 0 bridgehead atoms. The first-order valence-corrected chi connectivity index (χ1v) is 9.57. The number of amides is 1. The molecule has 1 N–H and O–H groups in total. The van der Waals surface area contributed by atoms with E-state index in [1.807, 2.05) is 16.7 Å². The summed E-state index contributed by atoms with van der Waals surface area (Å²) in [6.45, 7) is 2.78. The Bertz CT molecular complexity index is 976. The number of thioether (sulfide) groups is 1. The highest BCUT2D eigenvalue weighted by atomic mass is 32.2. The number of hydrogen-bond donors (Lipinski definition) is 1. The third kappa shape index (κ3) is 4.71. The Morgan fingerprint density at radius 1 is 1.25 bits per heavy atom. The summed E-state index contributed by atoms with van der Waals surface area (Å²) in [7, 11) is 0. The van der Waals surface area contributed by atoms with Gasteiger partial charge < -0.3 is 9.88 Å². The number of rotatable bonds is 8. The quantitative estimate of drug-likeness (QED) is 0.351. The van der Waals surface area contributed by atoms with Gasteiger partial charge in [0, 0.05) is 42.3 Å². The van der Waals surface area contributed by atoms with Gasteiger partial charge in [0.05, 0.1) is 10.7 Å². The van der Waals surface area contributed by atoms with Gasteiger partial charge >= 0.3 is 0 Å². The van der Waals surface area contributed by atoms with Crippen LogP contribution in [0.3, 0.4) is 0 Å². The molecule has 0 spiro atoms. The Kier molecular flexibility index (Phi) is 6.33. The van der Waals surface area contributed by atoms with Crippen molar-refractivity contribution in [1.82, 2.24) is 19.7 Å². The molecule has 1 amide bonds. The summed E-state index contributed by atoms with van der Waals surface area (Å²) in [5.74, 6) is 0.564. The fourth-order valence-corrected chi connectivity index (χ4v) is 3.32. The van der Waals surface area contributed by atoms with Gasteiger partial charge in [-0.25, -0.2) is 0 Å². The zero-order valence-corrected chi connectivity index (χ0v) is 15.9. The minimum Gasteiger partial charge on any atom is -0.325 e. The maximum Gasteiger partial charge on any atom is 0.271 e. The summed E-state index contributed by atoms with van der Waals surface area (Å²) in [4.78, 5) is 26.6. The predicted molar refractivity (Wildman–Crippen MR) is 106 cm³/mol. The number of hydrogen-bond acceptors (Lipinski definition) is 7. The van der Waals surface area contributed by atoms with Crippen LogP contribution in [-0.4, -0.2) is 36.3 Å². The first-order chi connectivity index (χ1) is 13.6. The van der Waals surface area contributed by atoms with Crippen LogP contribution in [0.2, 0.25) is 0 Å². The third-order valence-corrected chi connectivity index (χ3v) is 4.74. The van der Waals surface area contributed by atoms with E-state index in [1.165, 1.54) is 30.0 Å². The number of non-ortho nitro benzene ring substituents is 1. The fourth-order valence-electron chi connectivity index (χ4n) is 2.56. The van der Waals surface area contributed by atoms with Crippen LogP contribution in [0.25, 0.3) is 11.4 Å². The molecule has 0 saturated carbocycles. The van der Waals surface area contributed by atoms with Crippen LogP contribution in [0.1, 0.15) is 13.3 Å². The minimum absolute atomic E-state index is 0.0739. The molecule has 9 nitrogen and oxygen atoms in total. The van der Waals surface area contributed by atoms with E-state index in [2.05, 4.69) is 27.4 Å². The Balaban J connectivity index is 1.69. The molecule has 144 valence electrons. The lowest BCUT2D eigenvalue weighted by Crippen LogP contribution is -2.14. The second kappa shape index (κ2) is 9.09.